The van der Waals surface area contributed by atoms with Crippen molar-refractivity contribution >= 4 is 15.9 Å². The van der Waals surface area contributed by atoms with Gasteiger partial charge in [0.2, 0.25) is 0 Å². The molecule has 0 bridgehead atoms. The molecular formula is C14H22BrNO. The maximum absolute atomic E-state index is 5.44. The lowest BCUT2D eigenvalue weighted by molar-refractivity contribution is 0.407. The summed E-state index contributed by atoms with van der Waals surface area (Å²) in [5.41, 5.74) is 4.86. The molecule has 0 amide bonds. The molecule has 0 aliphatic heterocycles. The van der Waals surface area contributed by atoms with Crippen LogP contribution in [0.15, 0.2) is 12.1 Å². The van der Waals surface area contributed by atoms with Gasteiger partial charge in [0.05, 0.1) is 12.6 Å². The van der Waals surface area contributed by atoms with Crippen LogP contribution in [0.1, 0.15) is 36.5 Å². The zero-order valence-corrected chi connectivity index (χ0v) is 12.7. The van der Waals surface area contributed by atoms with E-state index < -0.39 is 0 Å². The molecule has 17 heavy (non-hydrogen) atoms. The van der Waals surface area contributed by atoms with Crippen molar-refractivity contribution in [3.63, 3.8) is 0 Å². The minimum Gasteiger partial charge on any atom is -0.496 e. The fourth-order valence-electron chi connectivity index (χ4n) is 1.93. The van der Waals surface area contributed by atoms with Gasteiger partial charge < -0.3 is 10.1 Å². The quantitative estimate of drug-likeness (QED) is 0.492. The maximum atomic E-state index is 5.44. The van der Waals surface area contributed by atoms with Gasteiger partial charge in [0.1, 0.15) is 5.75 Å². The number of alkyl halides is 1. The van der Waals surface area contributed by atoms with E-state index in [4.69, 9.17) is 4.74 Å². The fourth-order valence-corrected chi connectivity index (χ4v) is 2.21. The summed E-state index contributed by atoms with van der Waals surface area (Å²) < 4.78 is 5.44. The van der Waals surface area contributed by atoms with Crippen LogP contribution in [-0.4, -0.2) is 19.1 Å². The number of ether oxygens (including phenoxy) is 1. The van der Waals surface area contributed by atoms with E-state index in [-0.39, 0.29) is 0 Å². The first-order valence-corrected chi connectivity index (χ1v) is 7.16. The van der Waals surface area contributed by atoms with Crippen molar-refractivity contribution < 1.29 is 4.74 Å². The number of nitrogens with one attached hydrogen (secondary N) is 1. The third-order valence-electron chi connectivity index (χ3n) is 2.98. The number of methoxy groups -OCH3 is 1. The second-order valence-electron chi connectivity index (χ2n) is 4.56. The predicted molar refractivity (Wildman–Crippen MR) is 77.3 cm³/mol. The number of rotatable bonds is 6. The molecule has 0 saturated carbocycles. The first-order chi connectivity index (χ1) is 8.10. The van der Waals surface area contributed by atoms with Crippen molar-refractivity contribution in [2.75, 3.05) is 19.1 Å². The van der Waals surface area contributed by atoms with Crippen LogP contribution in [0, 0.1) is 6.92 Å². The lowest BCUT2D eigenvalue weighted by Crippen LogP contribution is -2.15. The summed E-state index contributed by atoms with van der Waals surface area (Å²) in [5.74, 6) is 1.50. The van der Waals surface area contributed by atoms with Crippen LogP contribution in [0.4, 0.5) is 0 Å². The molecule has 0 heterocycles. The third kappa shape index (κ3) is 4.00. The van der Waals surface area contributed by atoms with Crippen molar-refractivity contribution in [3.05, 3.63) is 28.8 Å². The Morgan fingerprint density at radius 3 is 2.59 bits per heavy atom. The lowest BCUT2D eigenvalue weighted by atomic mass is 9.95. The molecule has 0 spiro atoms. The van der Waals surface area contributed by atoms with E-state index >= 15 is 0 Å². The van der Waals surface area contributed by atoms with E-state index in [2.05, 4.69) is 54.2 Å². The summed E-state index contributed by atoms with van der Waals surface area (Å²) >= 11 is 3.37. The van der Waals surface area contributed by atoms with Gasteiger partial charge in [-0.25, -0.2) is 0 Å². The fraction of sp³-hybridized carbons (Fsp3) is 0.571. The second-order valence-corrected chi connectivity index (χ2v) is 5.12. The standard InChI is InChI=1S/C14H22BrNO/c1-10(2)13-8-12(5-6-16-9-15)11(3)7-14(13)17-4/h7-8,10,16H,5-6,9H2,1-4H3. The monoisotopic (exact) mass is 299 g/mol. The minimum absolute atomic E-state index is 0.494. The average Bonchev–Trinajstić information content (AvgIpc) is 2.30. The Morgan fingerprint density at radius 2 is 2.06 bits per heavy atom. The molecule has 0 aliphatic carbocycles. The number of hydrogen-bond donors (Lipinski definition) is 1. The van der Waals surface area contributed by atoms with Crippen molar-refractivity contribution in [1.82, 2.24) is 5.32 Å². The minimum atomic E-state index is 0.494. The molecule has 0 radical (unpaired) electrons. The van der Waals surface area contributed by atoms with Gasteiger partial charge in [-0.05, 0) is 48.6 Å². The summed E-state index contributed by atoms with van der Waals surface area (Å²) in [6.45, 7) is 7.55. The van der Waals surface area contributed by atoms with E-state index in [1.165, 1.54) is 16.7 Å². The highest BCUT2D eigenvalue weighted by atomic mass is 79.9. The van der Waals surface area contributed by atoms with Crippen molar-refractivity contribution in [2.45, 2.75) is 33.1 Å². The van der Waals surface area contributed by atoms with E-state index in [9.17, 15) is 0 Å². The van der Waals surface area contributed by atoms with Gasteiger partial charge in [0, 0.05) is 0 Å². The molecule has 0 atom stereocenters. The molecule has 0 saturated heterocycles. The van der Waals surface area contributed by atoms with Gasteiger partial charge in [-0.1, -0.05) is 35.8 Å². The molecule has 1 aromatic rings. The molecule has 0 fully saturated rings. The van der Waals surface area contributed by atoms with Crippen LogP contribution in [0.3, 0.4) is 0 Å². The van der Waals surface area contributed by atoms with Crippen LogP contribution < -0.4 is 10.1 Å². The highest BCUT2D eigenvalue weighted by molar-refractivity contribution is 9.09. The molecule has 1 aromatic carbocycles. The molecule has 0 unspecified atom stereocenters. The Kier molecular flexibility index (Phi) is 6.00. The Morgan fingerprint density at radius 1 is 1.35 bits per heavy atom. The van der Waals surface area contributed by atoms with E-state index in [1.807, 2.05) is 0 Å². The first-order valence-electron chi connectivity index (χ1n) is 6.04. The number of aryl methyl sites for hydroxylation is 1. The van der Waals surface area contributed by atoms with Crippen LogP contribution in [0.5, 0.6) is 5.75 Å². The summed E-state index contributed by atoms with van der Waals surface area (Å²) in [6.07, 6.45) is 1.06. The summed E-state index contributed by atoms with van der Waals surface area (Å²) in [7, 11) is 1.74. The molecule has 1 rings (SSSR count). The Balaban J connectivity index is 2.94. The van der Waals surface area contributed by atoms with Gasteiger partial charge in [0.25, 0.3) is 0 Å². The Labute approximate surface area is 113 Å². The Hall–Kier alpha value is -0.540. The smallest absolute Gasteiger partial charge is 0.122 e. The molecule has 0 aromatic heterocycles. The SMILES string of the molecule is COc1cc(C)c(CCNCBr)cc1C(C)C. The van der Waals surface area contributed by atoms with E-state index in [0.717, 1.165) is 24.2 Å². The first kappa shape index (κ1) is 14.5. The molecule has 1 N–H and O–H groups in total. The topological polar surface area (TPSA) is 21.3 Å². The molecule has 96 valence electrons. The van der Waals surface area contributed by atoms with Gasteiger partial charge >= 0.3 is 0 Å². The zero-order chi connectivity index (χ0) is 12.8. The van der Waals surface area contributed by atoms with Gasteiger partial charge in [0.15, 0.2) is 0 Å². The van der Waals surface area contributed by atoms with Crippen LogP contribution >= 0.6 is 15.9 Å². The number of benzene rings is 1. The lowest BCUT2D eigenvalue weighted by Gasteiger charge is -2.16. The summed E-state index contributed by atoms with van der Waals surface area (Å²) in [6, 6.07) is 4.44. The van der Waals surface area contributed by atoms with E-state index in [1.54, 1.807) is 7.11 Å². The highest BCUT2D eigenvalue weighted by Crippen LogP contribution is 2.29. The average molecular weight is 300 g/mol. The predicted octanol–water partition coefficient (Wildman–Crippen LogP) is 3.61. The molecule has 2 nitrogen and oxygen atoms in total. The van der Waals surface area contributed by atoms with Gasteiger partial charge in [-0.2, -0.15) is 0 Å². The number of hydrogen-bond acceptors (Lipinski definition) is 2. The molecule has 0 aliphatic rings. The largest absolute Gasteiger partial charge is 0.496 e. The maximum Gasteiger partial charge on any atom is 0.122 e. The van der Waals surface area contributed by atoms with Gasteiger partial charge in [-0.15, -0.1) is 0 Å². The molecular weight excluding hydrogens is 278 g/mol. The zero-order valence-electron chi connectivity index (χ0n) is 11.1. The van der Waals surface area contributed by atoms with Crippen molar-refractivity contribution in [1.29, 1.82) is 0 Å². The summed E-state index contributed by atoms with van der Waals surface area (Å²) in [4.78, 5) is 0. The van der Waals surface area contributed by atoms with Crippen molar-refractivity contribution in [2.24, 2.45) is 0 Å². The second kappa shape index (κ2) is 7.02. The van der Waals surface area contributed by atoms with Crippen LogP contribution in [0.2, 0.25) is 0 Å². The number of halogens is 1. The van der Waals surface area contributed by atoms with E-state index in [0.29, 0.717) is 5.92 Å². The summed E-state index contributed by atoms with van der Waals surface area (Å²) in [5, 5.41) is 3.29. The highest BCUT2D eigenvalue weighted by Gasteiger charge is 2.10. The third-order valence-corrected chi connectivity index (χ3v) is 3.37. The van der Waals surface area contributed by atoms with Gasteiger partial charge in [-0.3, -0.25) is 0 Å². The normalized spacial score (nSPS) is 10.9. The Bertz CT molecular complexity index is 363. The molecule has 3 heteroatoms. The van der Waals surface area contributed by atoms with Crippen molar-refractivity contribution in [3.8, 4) is 5.75 Å². The van der Waals surface area contributed by atoms with Crippen LogP contribution in [0.25, 0.3) is 0 Å². The van der Waals surface area contributed by atoms with Crippen LogP contribution in [-0.2, 0) is 6.42 Å².